The fraction of sp³-hybridized carbons (Fsp3) is 0. The molecule has 3 aromatic heterocycles. The summed E-state index contributed by atoms with van der Waals surface area (Å²) >= 11 is 1.83. The average molecular weight is 609 g/mol. The number of fused-ring (bicyclic) bond motifs is 8. The molecule has 0 amide bonds. The number of aromatic nitrogens is 1. The van der Waals surface area contributed by atoms with Gasteiger partial charge in [-0.25, -0.2) is 4.98 Å². The minimum absolute atomic E-state index is 0.590. The summed E-state index contributed by atoms with van der Waals surface area (Å²) < 4.78 is 15.3. The first-order valence-corrected chi connectivity index (χ1v) is 16.1. The largest absolute Gasteiger partial charge is 0.456 e. The van der Waals surface area contributed by atoms with Crippen molar-refractivity contribution in [3.63, 3.8) is 0 Å². The van der Waals surface area contributed by atoms with Crippen LogP contribution in [-0.4, -0.2) is 4.98 Å². The SMILES string of the molecule is c1ccc2c(N(c3ccc4c(c3)oc3cccc(-c5nc6ccccc6o5)c34)c3ccc4sc5ccccc5c4c3)cccc2c1. The van der Waals surface area contributed by atoms with Gasteiger partial charge < -0.3 is 13.7 Å². The fourth-order valence-corrected chi connectivity index (χ4v) is 7.89. The van der Waals surface area contributed by atoms with E-state index in [9.17, 15) is 0 Å². The number of para-hydroxylation sites is 2. The van der Waals surface area contributed by atoms with Gasteiger partial charge in [-0.2, -0.15) is 0 Å². The van der Waals surface area contributed by atoms with Gasteiger partial charge in [0, 0.05) is 59.3 Å². The zero-order valence-corrected chi connectivity index (χ0v) is 25.3. The fourth-order valence-electron chi connectivity index (χ4n) is 6.80. The highest BCUT2D eigenvalue weighted by Crippen LogP contribution is 2.45. The Morgan fingerprint density at radius 3 is 2.20 bits per heavy atom. The van der Waals surface area contributed by atoms with Gasteiger partial charge in [0.2, 0.25) is 5.89 Å². The van der Waals surface area contributed by atoms with Gasteiger partial charge in [0.1, 0.15) is 16.7 Å². The van der Waals surface area contributed by atoms with Crippen LogP contribution in [0, 0.1) is 0 Å². The summed E-state index contributed by atoms with van der Waals surface area (Å²) in [5, 5.41) is 6.94. The van der Waals surface area contributed by atoms with Crippen molar-refractivity contribution in [1.82, 2.24) is 4.98 Å². The third-order valence-corrected chi connectivity index (χ3v) is 10.0. The third-order valence-electron chi connectivity index (χ3n) is 8.89. The summed E-state index contributed by atoms with van der Waals surface area (Å²) in [5.74, 6) is 0.590. The maximum Gasteiger partial charge on any atom is 0.228 e. The first kappa shape index (κ1) is 25.4. The molecule has 0 bridgehead atoms. The molecule has 10 aromatic rings. The van der Waals surface area contributed by atoms with Crippen molar-refractivity contribution in [3.8, 4) is 11.5 Å². The van der Waals surface area contributed by atoms with Crippen LogP contribution in [0.1, 0.15) is 0 Å². The quantitative estimate of drug-likeness (QED) is 0.199. The third kappa shape index (κ3) is 3.82. The number of hydrogen-bond donors (Lipinski definition) is 0. The molecule has 0 aliphatic heterocycles. The highest BCUT2D eigenvalue weighted by atomic mass is 32.1. The predicted octanol–water partition coefficient (Wildman–Crippen LogP) is 12.4. The van der Waals surface area contributed by atoms with Gasteiger partial charge in [-0.05, 0) is 72.1 Å². The Labute approximate surface area is 267 Å². The van der Waals surface area contributed by atoms with Gasteiger partial charge in [-0.15, -0.1) is 11.3 Å². The molecule has 0 fully saturated rings. The molecule has 10 rings (SSSR count). The van der Waals surface area contributed by atoms with Gasteiger partial charge in [0.25, 0.3) is 0 Å². The summed E-state index contributed by atoms with van der Waals surface area (Å²) in [6.45, 7) is 0. The van der Waals surface area contributed by atoms with Crippen LogP contribution in [-0.2, 0) is 0 Å². The normalized spacial score (nSPS) is 11.9. The molecule has 46 heavy (non-hydrogen) atoms. The van der Waals surface area contributed by atoms with Crippen LogP contribution < -0.4 is 4.90 Å². The number of furan rings is 1. The van der Waals surface area contributed by atoms with Crippen molar-refractivity contribution in [1.29, 1.82) is 0 Å². The van der Waals surface area contributed by atoms with E-state index in [1.165, 1.54) is 30.9 Å². The predicted molar refractivity (Wildman–Crippen MR) is 192 cm³/mol. The number of benzene rings is 7. The zero-order valence-electron chi connectivity index (χ0n) is 24.5. The summed E-state index contributed by atoms with van der Waals surface area (Å²) in [7, 11) is 0. The summed E-state index contributed by atoms with van der Waals surface area (Å²) in [6, 6.07) is 51.0. The van der Waals surface area contributed by atoms with E-state index < -0.39 is 0 Å². The summed E-state index contributed by atoms with van der Waals surface area (Å²) in [4.78, 5) is 7.15. The lowest BCUT2D eigenvalue weighted by molar-refractivity contribution is 0.620. The number of oxazole rings is 1. The Hall–Kier alpha value is -5.91. The van der Waals surface area contributed by atoms with Gasteiger partial charge in [-0.3, -0.25) is 0 Å². The molecule has 216 valence electrons. The molecule has 7 aromatic carbocycles. The standard InChI is InChI=1S/C41H24N2O2S/c1-2-11-28-25(9-1)10-7-15-34(28)43(26-20-22-39-32(23-26)29-12-3-6-18-38(29)46-39)27-19-21-30-37(24-27)44-36-17-8-13-31(40(30)36)41-42-33-14-4-5-16-35(33)45-41/h1-24H. The molecular weight excluding hydrogens is 585 g/mol. The molecule has 0 saturated carbocycles. The van der Waals surface area contributed by atoms with Crippen molar-refractivity contribution in [2.75, 3.05) is 4.90 Å². The molecule has 0 spiro atoms. The number of thiophene rings is 1. The van der Waals surface area contributed by atoms with Crippen molar-refractivity contribution in [2.45, 2.75) is 0 Å². The smallest absolute Gasteiger partial charge is 0.228 e. The van der Waals surface area contributed by atoms with Crippen molar-refractivity contribution < 1.29 is 8.83 Å². The Bertz CT molecular complexity index is 2750. The highest BCUT2D eigenvalue weighted by Gasteiger charge is 2.21. The Balaban J connectivity index is 1.20. The highest BCUT2D eigenvalue weighted by molar-refractivity contribution is 7.25. The molecule has 0 aliphatic carbocycles. The van der Waals surface area contributed by atoms with Gasteiger partial charge in [0.15, 0.2) is 5.58 Å². The second kappa shape index (κ2) is 9.80. The number of anilines is 3. The van der Waals surface area contributed by atoms with Crippen LogP contribution in [0.2, 0.25) is 0 Å². The monoisotopic (exact) mass is 608 g/mol. The van der Waals surface area contributed by atoms with Crippen LogP contribution >= 0.6 is 11.3 Å². The molecule has 0 N–H and O–H groups in total. The van der Waals surface area contributed by atoms with E-state index in [0.717, 1.165) is 55.7 Å². The van der Waals surface area contributed by atoms with Crippen LogP contribution in [0.3, 0.4) is 0 Å². The number of hydrogen-bond acceptors (Lipinski definition) is 5. The first-order valence-electron chi connectivity index (χ1n) is 15.3. The Morgan fingerprint density at radius 1 is 0.500 bits per heavy atom. The minimum atomic E-state index is 0.590. The van der Waals surface area contributed by atoms with Gasteiger partial charge in [0.05, 0.1) is 5.69 Å². The maximum atomic E-state index is 6.56. The van der Waals surface area contributed by atoms with Crippen molar-refractivity contribution in [3.05, 3.63) is 146 Å². The second-order valence-corrected chi connectivity index (χ2v) is 12.6. The Morgan fingerprint density at radius 2 is 1.24 bits per heavy atom. The van der Waals surface area contributed by atoms with E-state index in [1.807, 2.05) is 47.7 Å². The van der Waals surface area contributed by atoms with Crippen LogP contribution in [0.15, 0.2) is 154 Å². The molecule has 4 nitrogen and oxygen atoms in total. The minimum Gasteiger partial charge on any atom is -0.456 e. The van der Waals surface area contributed by atoms with Crippen molar-refractivity contribution in [2.24, 2.45) is 0 Å². The lowest BCUT2D eigenvalue weighted by Crippen LogP contribution is -2.10. The van der Waals surface area contributed by atoms with E-state index in [4.69, 9.17) is 13.8 Å². The van der Waals surface area contributed by atoms with Crippen molar-refractivity contribution >= 4 is 92.4 Å². The molecule has 3 heterocycles. The molecule has 0 atom stereocenters. The van der Waals surface area contributed by atoms with E-state index >= 15 is 0 Å². The van der Waals surface area contributed by atoms with E-state index in [-0.39, 0.29) is 0 Å². The first-order chi connectivity index (χ1) is 22.8. The molecule has 0 unspecified atom stereocenters. The van der Waals surface area contributed by atoms with Crippen LogP contribution in [0.4, 0.5) is 17.1 Å². The summed E-state index contributed by atoms with van der Waals surface area (Å²) in [6.07, 6.45) is 0. The second-order valence-electron chi connectivity index (χ2n) is 11.6. The zero-order chi connectivity index (χ0) is 30.2. The lowest BCUT2D eigenvalue weighted by Gasteiger charge is -2.27. The molecular formula is C41H24N2O2S. The van der Waals surface area contributed by atoms with Gasteiger partial charge >= 0.3 is 0 Å². The average Bonchev–Trinajstić information content (AvgIpc) is 3.81. The topological polar surface area (TPSA) is 42.4 Å². The molecule has 0 aliphatic rings. The van der Waals surface area contributed by atoms with E-state index in [0.29, 0.717) is 5.89 Å². The van der Waals surface area contributed by atoms with E-state index in [1.54, 1.807) is 0 Å². The lowest BCUT2D eigenvalue weighted by atomic mass is 10.0. The summed E-state index contributed by atoms with van der Waals surface area (Å²) in [5.41, 5.74) is 7.36. The molecule has 0 radical (unpaired) electrons. The Kier molecular flexibility index (Phi) is 5.41. The molecule has 5 heteroatoms. The number of rotatable bonds is 4. The van der Waals surface area contributed by atoms with E-state index in [2.05, 4.69) is 114 Å². The van der Waals surface area contributed by atoms with Crippen LogP contribution in [0.25, 0.3) is 75.4 Å². The maximum absolute atomic E-state index is 6.56. The van der Waals surface area contributed by atoms with Gasteiger partial charge in [-0.1, -0.05) is 72.8 Å². The van der Waals surface area contributed by atoms with Crippen LogP contribution in [0.5, 0.6) is 0 Å². The number of nitrogens with zero attached hydrogens (tertiary/aromatic N) is 2. The molecule has 0 saturated heterocycles.